The predicted octanol–water partition coefficient (Wildman–Crippen LogP) is 4.93. The first kappa shape index (κ1) is 11.4. The second kappa shape index (κ2) is 4.88. The Morgan fingerprint density at radius 3 is 2.00 bits per heavy atom. The van der Waals surface area contributed by atoms with Gasteiger partial charge in [0.1, 0.15) is 0 Å². The molecule has 0 N–H and O–H groups in total. The highest BCUT2D eigenvalue weighted by molar-refractivity contribution is 6.64. The van der Waals surface area contributed by atoms with Crippen molar-refractivity contribution in [2.24, 2.45) is 0 Å². The smallest absolute Gasteiger partial charge is 0.0650 e. The maximum Gasteiger partial charge on any atom is 0.154 e. The van der Waals surface area contributed by atoms with Gasteiger partial charge in [0.25, 0.3) is 0 Å². The minimum atomic E-state index is 0.770. The van der Waals surface area contributed by atoms with E-state index in [0.29, 0.717) is 0 Å². The topological polar surface area (TPSA) is 0 Å². The van der Waals surface area contributed by atoms with E-state index in [1.54, 1.807) is 5.56 Å². The molecule has 1 atom stereocenters. The molecule has 2 fully saturated rings. The fraction of sp³-hybridized carbons (Fsp3) is 0.625. The van der Waals surface area contributed by atoms with E-state index >= 15 is 0 Å². The highest BCUT2D eigenvalue weighted by Crippen LogP contribution is 2.50. The Hall–Kier alpha value is -0.715. The van der Waals surface area contributed by atoms with E-state index in [9.17, 15) is 0 Å². The van der Waals surface area contributed by atoms with Crippen molar-refractivity contribution in [3.8, 4) is 0 Å². The maximum atomic E-state index is 2.47. The van der Waals surface area contributed by atoms with Crippen molar-refractivity contribution in [3.63, 3.8) is 0 Å². The summed E-state index contributed by atoms with van der Waals surface area (Å²) in [6.45, 7) is 3.44. The Bertz CT molecular complexity index is 337. The summed E-state index contributed by atoms with van der Waals surface area (Å²) >= 11 is 0. The van der Waals surface area contributed by atoms with Crippen LogP contribution < -0.4 is 0 Å². The second-order valence-corrected chi connectivity index (χ2v) is 6.16. The molecule has 0 radical (unpaired) electrons. The zero-order valence-electron chi connectivity index (χ0n) is 10.9. The van der Waals surface area contributed by atoms with Crippen LogP contribution in [0, 0.1) is 0 Å². The predicted molar refractivity (Wildman–Crippen MR) is 75.8 cm³/mol. The zero-order valence-corrected chi connectivity index (χ0v) is 10.9. The molecular formula is C16H23B. The molecule has 0 spiro atoms. The van der Waals surface area contributed by atoms with Crippen LogP contribution in [0.5, 0.6) is 0 Å². The molecule has 17 heavy (non-hydrogen) atoms. The van der Waals surface area contributed by atoms with Gasteiger partial charge in [-0.2, -0.15) is 0 Å². The molecular weight excluding hydrogens is 203 g/mol. The lowest BCUT2D eigenvalue weighted by atomic mass is 9.22. The van der Waals surface area contributed by atoms with Crippen molar-refractivity contribution in [2.75, 3.05) is 0 Å². The van der Waals surface area contributed by atoms with Gasteiger partial charge in [0, 0.05) is 0 Å². The van der Waals surface area contributed by atoms with Crippen LogP contribution in [0.25, 0.3) is 0 Å². The highest BCUT2D eigenvalue weighted by Gasteiger charge is 2.42. The molecule has 2 bridgehead atoms. The third-order valence-electron chi connectivity index (χ3n) is 5.29. The maximum absolute atomic E-state index is 2.47. The minimum Gasteiger partial charge on any atom is -0.0650 e. The summed E-state index contributed by atoms with van der Waals surface area (Å²) in [7, 11) is 0. The molecule has 0 unspecified atom stereocenters. The van der Waals surface area contributed by atoms with Crippen molar-refractivity contribution in [3.05, 3.63) is 35.9 Å². The Kier molecular flexibility index (Phi) is 3.27. The average molecular weight is 226 g/mol. The van der Waals surface area contributed by atoms with Crippen LogP contribution in [-0.4, -0.2) is 6.71 Å². The van der Waals surface area contributed by atoms with Crippen LogP contribution in [0.4, 0.5) is 0 Å². The van der Waals surface area contributed by atoms with Gasteiger partial charge in [0.05, 0.1) is 0 Å². The summed E-state index contributed by atoms with van der Waals surface area (Å²) in [5.41, 5.74) is 1.57. The average Bonchev–Trinajstić information content (AvgIpc) is 2.38. The Morgan fingerprint density at radius 2 is 1.47 bits per heavy atom. The van der Waals surface area contributed by atoms with Gasteiger partial charge in [0.2, 0.25) is 0 Å². The third kappa shape index (κ3) is 2.17. The largest absolute Gasteiger partial charge is 0.154 e. The zero-order chi connectivity index (χ0) is 11.7. The lowest BCUT2D eigenvalue weighted by molar-refractivity contribution is 0.436. The highest BCUT2D eigenvalue weighted by atomic mass is 14.3. The molecule has 2 saturated heterocycles. The number of hydrogen-bond donors (Lipinski definition) is 0. The van der Waals surface area contributed by atoms with Gasteiger partial charge in [-0.15, -0.1) is 0 Å². The number of hydrogen-bond acceptors (Lipinski definition) is 0. The molecule has 1 aromatic rings. The Morgan fingerprint density at radius 1 is 0.941 bits per heavy atom. The molecule has 1 aromatic carbocycles. The monoisotopic (exact) mass is 226 g/mol. The molecule has 0 saturated carbocycles. The third-order valence-corrected chi connectivity index (χ3v) is 5.29. The number of fused-ring (bicyclic) bond motifs is 2. The van der Waals surface area contributed by atoms with Gasteiger partial charge in [-0.05, 0) is 5.82 Å². The SMILES string of the molecule is C[C@H](B1C2CCCC1CCC2)c1ccccc1. The van der Waals surface area contributed by atoms with Gasteiger partial charge in [-0.25, -0.2) is 0 Å². The van der Waals surface area contributed by atoms with Crippen LogP contribution in [0.2, 0.25) is 11.6 Å². The van der Waals surface area contributed by atoms with E-state index in [1.807, 2.05) is 0 Å². The van der Waals surface area contributed by atoms with Crippen LogP contribution in [0.15, 0.2) is 30.3 Å². The molecule has 0 aliphatic carbocycles. The molecule has 90 valence electrons. The van der Waals surface area contributed by atoms with E-state index in [0.717, 1.165) is 24.2 Å². The van der Waals surface area contributed by atoms with Gasteiger partial charge in [-0.3, -0.25) is 0 Å². The fourth-order valence-corrected chi connectivity index (χ4v) is 4.52. The molecule has 2 aliphatic rings. The molecule has 3 rings (SSSR count). The van der Waals surface area contributed by atoms with Gasteiger partial charge in [0.15, 0.2) is 6.71 Å². The standard InChI is InChI=1S/C16H23B/c1-13(14-7-3-2-4-8-14)17-15-9-5-10-16(17)12-6-11-15/h2-4,7-8,13,15-16H,5-6,9-12H2,1H3/t13-,15?,16?/m0/s1. The van der Waals surface area contributed by atoms with Gasteiger partial charge < -0.3 is 0 Å². The lowest BCUT2D eigenvalue weighted by Crippen LogP contribution is -2.39. The summed E-state index contributed by atoms with van der Waals surface area (Å²) < 4.78 is 0. The minimum absolute atomic E-state index is 0.770. The van der Waals surface area contributed by atoms with E-state index in [-0.39, 0.29) is 0 Å². The Balaban J connectivity index is 1.83. The fourth-order valence-electron chi connectivity index (χ4n) is 4.52. The summed E-state index contributed by atoms with van der Waals surface area (Å²) in [6.07, 6.45) is 8.98. The van der Waals surface area contributed by atoms with E-state index in [1.165, 1.54) is 38.5 Å². The lowest BCUT2D eigenvalue weighted by Gasteiger charge is -2.43. The quantitative estimate of drug-likeness (QED) is 0.627. The number of benzene rings is 1. The normalized spacial score (nSPS) is 30.1. The summed E-state index contributed by atoms with van der Waals surface area (Å²) in [4.78, 5) is 0. The first-order chi connectivity index (χ1) is 8.36. The van der Waals surface area contributed by atoms with Crippen molar-refractivity contribution >= 4 is 6.71 Å². The van der Waals surface area contributed by atoms with Gasteiger partial charge >= 0.3 is 0 Å². The summed E-state index contributed by atoms with van der Waals surface area (Å²) in [5, 5.41) is 0. The molecule has 1 heteroatoms. The van der Waals surface area contributed by atoms with E-state index in [2.05, 4.69) is 37.3 Å². The second-order valence-electron chi connectivity index (χ2n) is 6.16. The summed E-state index contributed by atoms with van der Waals surface area (Å²) in [5.74, 6) is 2.82. The van der Waals surface area contributed by atoms with Gasteiger partial charge in [-0.1, -0.05) is 93.0 Å². The first-order valence-corrected chi connectivity index (χ1v) is 7.41. The Labute approximate surface area is 106 Å². The van der Waals surface area contributed by atoms with Crippen molar-refractivity contribution < 1.29 is 0 Å². The molecule has 2 heterocycles. The molecule has 0 nitrogen and oxygen atoms in total. The van der Waals surface area contributed by atoms with Crippen LogP contribution in [0.1, 0.15) is 56.8 Å². The molecule has 0 aromatic heterocycles. The van der Waals surface area contributed by atoms with Crippen LogP contribution in [0.3, 0.4) is 0 Å². The molecule has 2 aliphatic heterocycles. The van der Waals surface area contributed by atoms with Crippen LogP contribution in [-0.2, 0) is 0 Å². The van der Waals surface area contributed by atoms with E-state index < -0.39 is 0 Å². The van der Waals surface area contributed by atoms with E-state index in [4.69, 9.17) is 0 Å². The van der Waals surface area contributed by atoms with Crippen LogP contribution >= 0.6 is 0 Å². The first-order valence-electron chi connectivity index (χ1n) is 7.41. The summed E-state index contributed by atoms with van der Waals surface area (Å²) in [6, 6.07) is 11.2. The number of rotatable bonds is 2. The van der Waals surface area contributed by atoms with Crippen molar-refractivity contribution in [1.29, 1.82) is 0 Å². The molecule has 0 amide bonds. The van der Waals surface area contributed by atoms with Crippen molar-refractivity contribution in [1.82, 2.24) is 0 Å². The van der Waals surface area contributed by atoms with Crippen molar-refractivity contribution in [2.45, 2.75) is 62.9 Å².